The summed E-state index contributed by atoms with van der Waals surface area (Å²) in [6, 6.07) is 5.82. The van der Waals surface area contributed by atoms with Gasteiger partial charge in [-0.1, -0.05) is 6.07 Å². The van der Waals surface area contributed by atoms with Crippen LogP contribution in [0.4, 0.5) is 0 Å². The van der Waals surface area contributed by atoms with Crippen molar-refractivity contribution in [1.82, 2.24) is 9.55 Å². The average molecular weight is 279 g/mol. The zero-order chi connectivity index (χ0) is 13.8. The molecule has 0 aliphatic heterocycles. The van der Waals surface area contributed by atoms with Crippen molar-refractivity contribution in [3.63, 3.8) is 0 Å². The van der Waals surface area contributed by atoms with Crippen molar-refractivity contribution < 1.29 is 9.53 Å². The number of ether oxygens (including phenoxy) is 1. The molecule has 2 aromatic rings. The zero-order valence-corrected chi connectivity index (χ0v) is 11.6. The summed E-state index contributed by atoms with van der Waals surface area (Å²) in [5, 5.41) is 0. The van der Waals surface area contributed by atoms with Crippen LogP contribution in [0.5, 0.6) is 5.75 Å². The van der Waals surface area contributed by atoms with Crippen LogP contribution in [-0.4, -0.2) is 22.1 Å². The first-order chi connectivity index (χ1) is 9.13. The van der Waals surface area contributed by atoms with Gasteiger partial charge in [-0.25, -0.2) is 0 Å². The number of amides is 1. The van der Waals surface area contributed by atoms with Gasteiger partial charge in [0.2, 0.25) is 5.91 Å². The number of fused-ring (bicyclic) bond motifs is 1. The monoisotopic (exact) mass is 279 g/mol. The molecule has 5 nitrogen and oxygen atoms in total. The van der Waals surface area contributed by atoms with Crippen LogP contribution in [0, 0.1) is 4.77 Å². The molecular formula is C13H17N3O2S. The fraction of sp³-hybridized carbons (Fsp3) is 0.385. The molecule has 0 saturated heterocycles. The lowest BCUT2D eigenvalue weighted by Gasteiger charge is -2.06. The van der Waals surface area contributed by atoms with Crippen LogP contribution in [0.1, 0.15) is 19.8 Å². The minimum absolute atomic E-state index is 0.290. The van der Waals surface area contributed by atoms with E-state index >= 15 is 0 Å². The number of rotatable bonds is 6. The van der Waals surface area contributed by atoms with Crippen molar-refractivity contribution in [1.29, 1.82) is 0 Å². The second-order valence-corrected chi connectivity index (χ2v) is 4.62. The fourth-order valence-corrected chi connectivity index (χ4v) is 2.35. The summed E-state index contributed by atoms with van der Waals surface area (Å²) in [4.78, 5) is 13.9. The van der Waals surface area contributed by atoms with E-state index < -0.39 is 0 Å². The van der Waals surface area contributed by atoms with E-state index in [0.717, 1.165) is 16.8 Å². The third-order valence-electron chi connectivity index (χ3n) is 2.88. The van der Waals surface area contributed by atoms with Gasteiger partial charge in [-0.2, -0.15) is 0 Å². The Morgan fingerprint density at radius 3 is 3.00 bits per heavy atom. The normalized spacial score (nSPS) is 10.8. The number of nitrogens with one attached hydrogen (secondary N) is 1. The predicted octanol–water partition coefficient (Wildman–Crippen LogP) is 2.36. The molecule has 0 aliphatic rings. The molecule has 1 heterocycles. The molecule has 1 aromatic heterocycles. The van der Waals surface area contributed by atoms with E-state index in [9.17, 15) is 4.79 Å². The van der Waals surface area contributed by atoms with Crippen LogP contribution < -0.4 is 10.5 Å². The number of carbonyl (C=O) groups is 1. The molecule has 2 rings (SSSR count). The molecule has 0 bridgehead atoms. The standard InChI is InChI=1S/C13H17N3O2S/c1-2-18-10-6-3-5-9-12(10)15-13(19)16(9)8-4-7-11(14)17/h3,5-6H,2,4,7-8H2,1H3,(H2,14,17)(H,15,19). The number of aromatic amines is 1. The lowest BCUT2D eigenvalue weighted by Crippen LogP contribution is -2.11. The summed E-state index contributed by atoms with van der Waals surface area (Å²) in [6.07, 6.45) is 1.04. The van der Waals surface area contributed by atoms with E-state index in [0.29, 0.717) is 30.8 Å². The zero-order valence-electron chi connectivity index (χ0n) is 10.8. The Balaban J connectivity index is 2.34. The van der Waals surface area contributed by atoms with Gasteiger partial charge in [0.25, 0.3) is 0 Å². The predicted molar refractivity (Wildman–Crippen MR) is 76.7 cm³/mol. The number of nitrogens with zero attached hydrogens (tertiary/aromatic N) is 1. The molecule has 0 spiro atoms. The first kappa shape index (κ1) is 13.6. The summed E-state index contributed by atoms with van der Waals surface area (Å²) in [5.74, 6) is 0.501. The van der Waals surface area contributed by atoms with Crippen molar-refractivity contribution >= 4 is 29.2 Å². The van der Waals surface area contributed by atoms with Crippen LogP contribution >= 0.6 is 12.2 Å². The fourth-order valence-electron chi connectivity index (χ4n) is 2.06. The quantitative estimate of drug-likeness (QED) is 0.797. The third kappa shape index (κ3) is 2.96. The first-order valence-corrected chi connectivity index (χ1v) is 6.67. The molecule has 1 amide bonds. The van der Waals surface area contributed by atoms with Crippen molar-refractivity contribution in [3.05, 3.63) is 23.0 Å². The molecule has 0 fully saturated rings. The molecule has 0 unspecified atom stereocenters. The number of nitrogens with two attached hydrogens (primary N) is 1. The van der Waals surface area contributed by atoms with Gasteiger partial charge in [0.1, 0.15) is 11.3 Å². The van der Waals surface area contributed by atoms with E-state index in [-0.39, 0.29) is 5.91 Å². The number of H-pyrrole nitrogens is 1. The number of para-hydroxylation sites is 1. The average Bonchev–Trinajstić information content (AvgIpc) is 2.67. The number of benzene rings is 1. The van der Waals surface area contributed by atoms with Crippen molar-refractivity contribution in [2.75, 3.05) is 6.61 Å². The maximum atomic E-state index is 10.8. The van der Waals surface area contributed by atoms with E-state index in [1.165, 1.54) is 0 Å². The summed E-state index contributed by atoms with van der Waals surface area (Å²) < 4.78 is 8.16. The largest absolute Gasteiger partial charge is 0.492 e. The number of hydrogen-bond donors (Lipinski definition) is 2. The van der Waals surface area contributed by atoms with Crippen molar-refractivity contribution in [2.24, 2.45) is 5.73 Å². The minimum atomic E-state index is -0.290. The van der Waals surface area contributed by atoms with E-state index in [4.69, 9.17) is 22.7 Å². The van der Waals surface area contributed by atoms with E-state index in [1.807, 2.05) is 29.7 Å². The Morgan fingerprint density at radius 2 is 2.32 bits per heavy atom. The first-order valence-electron chi connectivity index (χ1n) is 6.26. The molecule has 6 heteroatoms. The Bertz CT molecular complexity index is 645. The van der Waals surface area contributed by atoms with Gasteiger partial charge in [0.05, 0.1) is 12.1 Å². The number of aromatic nitrogens is 2. The molecule has 102 valence electrons. The number of carbonyl (C=O) groups excluding carboxylic acids is 1. The van der Waals surface area contributed by atoms with E-state index in [1.54, 1.807) is 0 Å². The van der Waals surface area contributed by atoms with Crippen LogP contribution in [0.3, 0.4) is 0 Å². The van der Waals surface area contributed by atoms with Crippen molar-refractivity contribution in [3.8, 4) is 5.75 Å². The van der Waals surface area contributed by atoms with Gasteiger partial charge in [0.15, 0.2) is 4.77 Å². The highest BCUT2D eigenvalue weighted by molar-refractivity contribution is 7.71. The van der Waals surface area contributed by atoms with Gasteiger partial charge < -0.3 is 20.0 Å². The van der Waals surface area contributed by atoms with Gasteiger partial charge in [-0.15, -0.1) is 0 Å². The number of hydrogen-bond acceptors (Lipinski definition) is 3. The highest BCUT2D eigenvalue weighted by Crippen LogP contribution is 2.25. The molecule has 0 aliphatic carbocycles. The van der Waals surface area contributed by atoms with Gasteiger partial charge >= 0.3 is 0 Å². The highest BCUT2D eigenvalue weighted by atomic mass is 32.1. The molecular weight excluding hydrogens is 262 g/mol. The van der Waals surface area contributed by atoms with Crippen LogP contribution in [0.2, 0.25) is 0 Å². The molecule has 3 N–H and O–H groups in total. The maximum Gasteiger partial charge on any atom is 0.217 e. The van der Waals surface area contributed by atoms with Gasteiger partial charge in [0, 0.05) is 13.0 Å². The number of aryl methyl sites for hydroxylation is 1. The molecule has 0 radical (unpaired) electrons. The Hall–Kier alpha value is -1.82. The summed E-state index contributed by atoms with van der Waals surface area (Å²) in [6.45, 7) is 3.21. The molecule has 0 saturated carbocycles. The lowest BCUT2D eigenvalue weighted by molar-refractivity contribution is -0.118. The molecule has 0 atom stereocenters. The maximum absolute atomic E-state index is 10.8. The third-order valence-corrected chi connectivity index (χ3v) is 3.20. The summed E-state index contributed by atoms with van der Waals surface area (Å²) >= 11 is 5.31. The van der Waals surface area contributed by atoms with Crippen LogP contribution in [0.25, 0.3) is 11.0 Å². The minimum Gasteiger partial charge on any atom is -0.492 e. The topological polar surface area (TPSA) is 73.0 Å². The lowest BCUT2D eigenvalue weighted by atomic mass is 10.2. The second kappa shape index (κ2) is 5.88. The molecule has 1 aromatic carbocycles. The number of primary amides is 1. The second-order valence-electron chi connectivity index (χ2n) is 4.23. The van der Waals surface area contributed by atoms with Crippen molar-refractivity contribution in [2.45, 2.75) is 26.3 Å². The number of imidazole rings is 1. The highest BCUT2D eigenvalue weighted by Gasteiger charge is 2.09. The summed E-state index contributed by atoms with van der Waals surface area (Å²) in [5.41, 5.74) is 7.03. The Labute approximate surface area is 116 Å². The smallest absolute Gasteiger partial charge is 0.217 e. The van der Waals surface area contributed by atoms with Crippen LogP contribution in [0.15, 0.2) is 18.2 Å². The van der Waals surface area contributed by atoms with Crippen LogP contribution in [-0.2, 0) is 11.3 Å². The van der Waals surface area contributed by atoms with Gasteiger partial charge in [-0.3, -0.25) is 4.79 Å². The summed E-state index contributed by atoms with van der Waals surface area (Å²) in [7, 11) is 0. The molecule has 19 heavy (non-hydrogen) atoms. The van der Waals surface area contributed by atoms with E-state index in [2.05, 4.69) is 4.98 Å². The Kier molecular flexibility index (Phi) is 4.21. The SMILES string of the molecule is CCOc1cccc2c1[nH]c(=S)n2CCCC(N)=O. The Morgan fingerprint density at radius 1 is 1.53 bits per heavy atom. The van der Waals surface area contributed by atoms with Gasteiger partial charge in [-0.05, 0) is 37.7 Å².